The van der Waals surface area contributed by atoms with Crippen LogP contribution in [-0.4, -0.2) is 73.0 Å². The van der Waals surface area contributed by atoms with Crippen LogP contribution in [0.4, 0.5) is 5.69 Å². The number of amides is 2. The van der Waals surface area contributed by atoms with Crippen molar-refractivity contribution in [3.05, 3.63) is 60.0 Å². The highest BCUT2D eigenvalue weighted by atomic mass is 16.5. The molecule has 5 rings (SSSR count). The smallest absolute Gasteiger partial charge is 0.280 e. The number of ether oxygens (including phenoxy) is 1. The Bertz CT molecular complexity index is 1410. The maximum Gasteiger partial charge on any atom is 0.280 e. The summed E-state index contributed by atoms with van der Waals surface area (Å²) in [7, 11) is 0. The van der Waals surface area contributed by atoms with Crippen molar-refractivity contribution in [3.63, 3.8) is 0 Å². The van der Waals surface area contributed by atoms with E-state index in [1.807, 2.05) is 22.8 Å². The minimum absolute atomic E-state index is 0.00140. The molecule has 174 valence electrons. The Morgan fingerprint density at radius 1 is 1.21 bits per heavy atom. The first-order chi connectivity index (χ1) is 16.6. The predicted molar refractivity (Wildman–Crippen MR) is 120 cm³/mol. The SMILES string of the molecule is O=C(/N=c1\[nH]c2cc(N3CCOCC3=O)ccc2n1CCCO)c1cccc(-n2cnnn2)c1. The maximum absolute atomic E-state index is 13.0. The van der Waals surface area contributed by atoms with Crippen molar-refractivity contribution >= 4 is 28.5 Å². The van der Waals surface area contributed by atoms with Gasteiger partial charge in [0.2, 0.25) is 5.62 Å². The standard InChI is InChI=1S/C22H22N8O4/c31-9-2-7-29-19-6-5-16(28-8-10-34-13-20(28)32)12-18(19)24-22(29)25-21(33)15-3-1-4-17(11-15)30-14-23-26-27-30/h1,3-6,11-12,14,31H,2,7-10,13H2,(H,24,25,33). The first-order valence-corrected chi connectivity index (χ1v) is 10.8. The number of tetrazole rings is 1. The second-order valence-corrected chi connectivity index (χ2v) is 7.70. The molecule has 3 heterocycles. The molecule has 0 radical (unpaired) electrons. The summed E-state index contributed by atoms with van der Waals surface area (Å²) in [5.41, 5.74) is 3.64. The van der Waals surface area contributed by atoms with E-state index in [0.29, 0.717) is 43.0 Å². The van der Waals surface area contributed by atoms with Crippen molar-refractivity contribution in [3.8, 4) is 5.69 Å². The molecule has 1 aliphatic heterocycles. The average molecular weight is 462 g/mol. The van der Waals surface area contributed by atoms with Gasteiger partial charge in [0.25, 0.3) is 11.8 Å². The normalized spacial score (nSPS) is 14.8. The number of rotatable bonds is 6. The predicted octanol–water partition coefficient (Wildman–Crippen LogP) is 0.432. The molecule has 2 N–H and O–H groups in total. The molecule has 2 amide bonds. The minimum atomic E-state index is -0.442. The Morgan fingerprint density at radius 2 is 2.12 bits per heavy atom. The third kappa shape index (κ3) is 4.23. The lowest BCUT2D eigenvalue weighted by molar-refractivity contribution is -0.125. The molecule has 0 saturated carbocycles. The van der Waals surface area contributed by atoms with E-state index in [4.69, 9.17) is 4.74 Å². The molecule has 34 heavy (non-hydrogen) atoms. The first kappa shape index (κ1) is 21.7. The number of aromatic nitrogens is 6. The van der Waals surface area contributed by atoms with Gasteiger partial charge in [-0.05, 0) is 53.2 Å². The molecule has 1 fully saturated rings. The van der Waals surface area contributed by atoms with Crippen LogP contribution in [0.2, 0.25) is 0 Å². The van der Waals surface area contributed by atoms with Crippen molar-refractivity contribution in [2.24, 2.45) is 4.99 Å². The number of nitrogens with zero attached hydrogens (tertiary/aromatic N) is 7. The van der Waals surface area contributed by atoms with E-state index in [0.717, 1.165) is 16.7 Å². The number of aryl methyl sites for hydroxylation is 1. The number of H-pyrrole nitrogens is 1. The quantitative estimate of drug-likeness (QED) is 0.423. The van der Waals surface area contributed by atoms with Crippen molar-refractivity contribution in [2.75, 3.05) is 31.3 Å². The number of anilines is 1. The fourth-order valence-corrected chi connectivity index (χ4v) is 3.89. The Morgan fingerprint density at radius 3 is 2.91 bits per heavy atom. The molecular formula is C22H22N8O4. The average Bonchev–Trinajstić information content (AvgIpc) is 3.51. The number of aliphatic hydroxyl groups is 1. The Labute approximate surface area is 193 Å². The zero-order valence-electron chi connectivity index (χ0n) is 18.2. The van der Waals surface area contributed by atoms with Crippen LogP contribution in [0.25, 0.3) is 16.7 Å². The molecule has 2 aromatic heterocycles. The third-order valence-corrected chi connectivity index (χ3v) is 5.52. The number of imidazole rings is 1. The van der Waals surface area contributed by atoms with E-state index in [2.05, 4.69) is 25.5 Å². The zero-order valence-corrected chi connectivity index (χ0v) is 18.2. The van der Waals surface area contributed by atoms with Crippen LogP contribution in [0.5, 0.6) is 0 Å². The molecule has 1 saturated heterocycles. The number of morpholine rings is 1. The van der Waals surface area contributed by atoms with Gasteiger partial charge in [-0.1, -0.05) is 6.07 Å². The highest BCUT2D eigenvalue weighted by molar-refractivity contribution is 5.97. The van der Waals surface area contributed by atoms with E-state index >= 15 is 0 Å². The van der Waals surface area contributed by atoms with Crippen LogP contribution in [0.1, 0.15) is 16.8 Å². The van der Waals surface area contributed by atoms with Gasteiger partial charge >= 0.3 is 0 Å². The summed E-state index contributed by atoms with van der Waals surface area (Å²) in [6.07, 6.45) is 1.94. The molecule has 0 aliphatic carbocycles. The molecule has 12 nitrogen and oxygen atoms in total. The number of carbonyl (C=O) groups is 2. The fraction of sp³-hybridized carbons (Fsp3) is 0.273. The number of carbonyl (C=O) groups excluding carboxylic acids is 2. The summed E-state index contributed by atoms with van der Waals surface area (Å²) in [6.45, 7) is 1.47. The van der Waals surface area contributed by atoms with Crippen LogP contribution in [0.15, 0.2) is 53.8 Å². The number of aliphatic hydroxyl groups excluding tert-OH is 1. The van der Waals surface area contributed by atoms with Crippen LogP contribution >= 0.6 is 0 Å². The Hall–Kier alpha value is -4.16. The van der Waals surface area contributed by atoms with Gasteiger partial charge in [-0.15, -0.1) is 5.10 Å². The van der Waals surface area contributed by atoms with Crippen LogP contribution in [-0.2, 0) is 16.1 Å². The fourth-order valence-electron chi connectivity index (χ4n) is 3.89. The summed E-state index contributed by atoms with van der Waals surface area (Å²) >= 11 is 0. The number of aromatic amines is 1. The summed E-state index contributed by atoms with van der Waals surface area (Å²) in [4.78, 5) is 34.5. The molecule has 12 heteroatoms. The van der Waals surface area contributed by atoms with Gasteiger partial charge in [0.1, 0.15) is 12.9 Å². The van der Waals surface area contributed by atoms with Crippen LogP contribution in [0.3, 0.4) is 0 Å². The molecular weight excluding hydrogens is 440 g/mol. The highest BCUT2D eigenvalue weighted by Gasteiger charge is 2.21. The Kier molecular flexibility index (Phi) is 5.97. The largest absolute Gasteiger partial charge is 0.396 e. The lowest BCUT2D eigenvalue weighted by Gasteiger charge is -2.26. The number of nitrogens with one attached hydrogen (secondary N) is 1. The summed E-state index contributed by atoms with van der Waals surface area (Å²) < 4.78 is 8.52. The molecule has 0 bridgehead atoms. The molecule has 0 unspecified atom stereocenters. The van der Waals surface area contributed by atoms with E-state index in [-0.39, 0.29) is 19.1 Å². The van der Waals surface area contributed by atoms with E-state index in [1.54, 1.807) is 29.2 Å². The van der Waals surface area contributed by atoms with E-state index < -0.39 is 5.91 Å². The lowest BCUT2D eigenvalue weighted by atomic mass is 10.2. The number of fused-ring (bicyclic) bond motifs is 1. The van der Waals surface area contributed by atoms with Crippen LogP contribution < -0.4 is 10.5 Å². The van der Waals surface area contributed by atoms with Gasteiger partial charge in [0.05, 0.1) is 23.3 Å². The minimum Gasteiger partial charge on any atom is -0.396 e. The number of benzene rings is 2. The highest BCUT2D eigenvalue weighted by Crippen LogP contribution is 2.22. The summed E-state index contributed by atoms with van der Waals surface area (Å²) in [5, 5.41) is 20.4. The molecule has 1 aliphatic rings. The molecule has 0 atom stereocenters. The van der Waals surface area contributed by atoms with Gasteiger partial charge < -0.3 is 24.3 Å². The van der Waals surface area contributed by atoms with E-state index in [9.17, 15) is 14.7 Å². The Balaban J connectivity index is 1.54. The van der Waals surface area contributed by atoms with E-state index in [1.165, 1.54) is 11.0 Å². The van der Waals surface area contributed by atoms with Crippen molar-refractivity contribution in [1.29, 1.82) is 0 Å². The second-order valence-electron chi connectivity index (χ2n) is 7.70. The third-order valence-electron chi connectivity index (χ3n) is 5.52. The van der Waals surface area contributed by atoms with Gasteiger partial charge in [-0.2, -0.15) is 4.99 Å². The van der Waals surface area contributed by atoms with Gasteiger partial charge in [0.15, 0.2) is 0 Å². The van der Waals surface area contributed by atoms with Gasteiger partial charge in [-0.3, -0.25) is 9.59 Å². The molecule has 2 aromatic carbocycles. The first-order valence-electron chi connectivity index (χ1n) is 10.8. The topological polar surface area (TPSA) is 144 Å². The van der Waals surface area contributed by atoms with Crippen LogP contribution in [0, 0.1) is 0 Å². The number of hydrogen-bond donors (Lipinski definition) is 2. The molecule has 0 spiro atoms. The maximum atomic E-state index is 13.0. The van der Waals surface area contributed by atoms with Crippen molar-refractivity contribution in [1.82, 2.24) is 29.8 Å². The van der Waals surface area contributed by atoms with Crippen molar-refractivity contribution in [2.45, 2.75) is 13.0 Å². The second kappa shape index (κ2) is 9.37. The lowest BCUT2D eigenvalue weighted by Crippen LogP contribution is -2.41. The number of hydrogen-bond acceptors (Lipinski definition) is 7. The van der Waals surface area contributed by atoms with Crippen molar-refractivity contribution < 1.29 is 19.4 Å². The van der Waals surface area contributed by atoms with Gasteiger partial charge in [0, 0.05) is 30.9 Å². The zero-order chi connectivity index (χ0) is 23.5. The summed E-state index contributed by atoms with van der Waals surface area (Å²) in [5.74, 6) is -0.546. The van der Waals surface area contributed by atoms with Gasteiger partial charge in [-0.25, -0.2) is 4.68 Å². The molecule has 4 aromatic rings. The summed E-state index contributed by atoms with van der Waals surface area (Å²) in [6, 6.07) is 12.4. The monoisotopic (exact) mass is 462 g/mol.